The summed E-state index contributed by atoms with van der Waals surface area (Å²) in [7, 11) is 2.09. The first-order chi connectivity index (χ1) is 18.2. The van der Waals surface area contributed by atoms with Gasteiger partial charge in [0.15, 0.2) is 0 Å². The van der Waals surface area contributed by atoms with Gasteiger partial charge in [0.05, 0.1) is 23.0 Å². The van der Waals surface area contributed by atoms with Gasteiger partial charge in [-0.15, -0.1) is 11.3 Å². The molecule has 0 aromatic carbocycles. The molecule has 8 nitrogen and oxygen atoms in total. The van der Waals surface area contributed by atoms with E-state index in [2.05, 4.69) is 50.3 Å². The number of aryl methyl sites for hydroxylation is 1. The number of fused-ring (bicyclic) bond motifs is 1. The fourth-order valence-electron chi connectivity index (χ4n) is 5.31. The molecule has 1 fully saturated rings. The van der Waals surface area contributed by atoms with Crippen LogP contribution in [0.5, 0.6) is 0 Å². The Balaban J connectivity index is 1.91. The summed E-state index contributed by atoms with van der Waals surface area (Å²) in [6.07, 6.45) is 6.00. The van der Waals surface area contributed by atoms with Crippen LogP contribution < -0.4 is 9.89 Å². The number of esters is 1. The maximum absolute atomic E-state index is 13.8. The van der Waals surface area contributed by atoms with E-state index < -0.39 is 18.9 Å². The van der Waals surface area contributed by atoms with Crippen LogP contribution in [0.25, 0.3) is 5.82 Å². The van der Waals surface area contributed by atoms with Gasteiger partial charge in [-0.3, -0.25) is 4.79 Å². The molecule has 1 saturated heterocycles. The molecule has 2 aliphatic rings. The lowest BCUT2D eigenvalue weighted by Crippen LogP contribution is -2.50. The molecule has 1 aromatic heterocycles. The van der Waals surface area contributed by atoms with Crippen LogP contribution in [0.1, 0.15) is 59.3 Å². The summed E-state index contributed by atoms with van der Waals surface area (Å²) in [6.45, 7) is 21.4. The first kappa shape index (κ1) is 30.6. The summed E-state index contributed by atoms with van der Waals surface area (Å²) in [6, 6.07) is 2.06. The lowest BCUT2D eigenvalue weighted by molar-refractivity contribution is -0.154. The molecule has 0 atom stereocenters. The predicted molar refractivity (Wildman–Crippen MR) is 156 cm³/mol. The third kappa shape index (κ3) is 8.29. The molecule has 3 rings (SSSR count). The van der Waals surface area contributed by atoms with Gasteiger partial charge in [-0.2, -0.15) is 0 Å². The molecule has 0 bridgehead atoms. The van der Waals surface area contributed by atoms with Gasteiger partial charge in [-0.05, 0) is 50.3 Å². The molecule has 214 valence electrons. The van der Waals surface area contributed by atoms with Gasteiger partial charge in [0.1, 0.15) is 10.5 Å². The Morgan fingerprint density at radius 1 is 1.13 bits per heavy atom. The lowest BCUT2D eigenvalue weighted by Gasteiger charge is -2.39. The molecule has 1 amide bonds. The number of carbonyl (C=O) groups excluding carboxylic acids is 2. The molecule has 9 heteroatoms. The maximum atomic E-state index is 13.8. The quantitative estimate of drug-likeness (QED) is 0.356. The van der Waals surface area contributed by atoms with Crippen molar-refractivity contribution < 1.29 is 19.1 Å². The van der Waals surface area contributed by atoms with Crippen molar-refractivity contribution in [3.05, 3.63) is 57.0 Å². The third-order valence-electron chi connectivity index (χ3n) is 6.53. The van der Waals surface area contributed by atoms with E-state index in [-0.39, 0.29) is 17.3 Å². The van der Waals surface area contributed by atoms with Gasteiger partial charge >= 0.3 is 12.1 Å². The van der Waals surface area contributed by atoms with Crippen molar-refractivity contribution in [3.8, 4) is 0 Å². The number of piperazine rings is 1. The van der Waals surface area contributed by atoms with Crippen LogP contribution in [0.15, 0.2) is 47.3 Å². The first-order valence-electron chi connectivity index (χ1n) is 13.5. The number of nitrogens with zero attached hydrogens (tertiary/aromatic N) is 4. The zero-order valence-corrected chi connectivity index (χ0v) is 25.6. The van der Waals surface area contributed by atoms with E-state index in [1.165, 1.54) is 4.90 Å². The minimum absolute atomic E-state index is 0.0838. The van der Waals surface area contributed by atoms with Crippen LogP contribution in [0.2, 0.25) is 0 Å². The van der Waals surface area contributed by atoms with Gasteiger partial charge in [-0.1, -0.05) is 53.3 Å². The maximum Gasteiger partial charge on any atom is 0.423 e. The Kier molecular flexibility index (Phi) is 9.83. The van der Waals surface area contributed by atoms with E-state index in [1.807, 2.05) is 45.9 Å². The third-order valence-corrected chi connectivity index (χ3v) is 7.47. The number of amides is 1. The molecule has 0 aliphatic carbocycles. The zero-order valence-electron chi connectivity index (χ0n) is 24.8. The Hall–Kier alpha value is -2.91. The largest absolute Gasteiger partial charge is 0.428 e. The summed E-state index contributed by atoms with van der Waals surface area (Å²) < 4.78 is 11.8. The van der Waals surface area contributed by atoms with Crippen molar-refractivity contribution in [3.63, 3.8) is 0 Å². The second-order valence-corrected chi connectivity index (χ2v) is 13.5. The molecule has 1 aromatic rings. The first-order valence-corrected chi connectivity index (χ1v) is 14.3. The fraction of sp³-hybridized carbons (Fsp3) is 0.567. The highest BCUT2D eigenvalue weighted by Crippen LogP contribution is 2.36. The van der Waals surface area contributed by atoms with Crippen molar-refractivity contribution >= 4 is 29.2 Å². The number of hydrogen-bond donors (Lipinski definition) is 0. The predicted octanol–water partition coefficient (Wildman–Crippen LogP) is 4.77. The molecule has 0 saturated carbocycles. The topological polar surface area (TPSA) is 74.7 Å². The average Bonchev–Trinajstić information content (AvgIpc) is 3.11. The van der Waals surface area contributed by atoms with Crippen molar-refractivity contribution in [1.82, 2.24) is 14.7 Å². The number of likely N-dealkylation sites (N-methyl/N-ethyl adjacent to an activating group) is 1. The van der Waals surface area contributed by atoms with Crippen LogP contribution >= 0.6 is 11.3 Å². The molecule has 0 radical (unpaired) electrons. The number of ether oxygens (including phenoxy) is 2. The standard InChI is InChI=1S/C30H44N4O4S/c1-10-11-12-24-22(3)31-26-23(17-21(2)39-26)27(33-15-13-32(9)14-16-33)34(24)28(36)38-20-37-25(35)18-30(7,8)19-29(4,5)6/h10-12,17H,3,13-16,18-20H2,1-2,4-9H3/b11-10-,24-12+. The SMILES string of the molecule is C=C1N=c2sc(C)cc2=C(N2CCN(C)CC2)N(C(=O)OCOC(=O)CC(C)(C)CC(C)(C)C)/C1=C/C=C\C. The Labute approximate surface area is 237 Å². The minimum Gasteiger partial charge on any atom is -0.428 e. The van der Waals surface area contributed by atoms with Crippen molar-refractivity contribution in [2.75, 3.05) is 40.0 Å². The number of carbonyl (C=O) groups is 2. The van der Waals surface area contributed by atoms with E-state index in [4.69, 9.17) is 14.5 Å². The highest BCUT2D eigenvalue weighted by molar-refractivity contribution is 7.09. The smallest absolute Gasteiger partial charge is 0.423 e. The van der Waals surface area contributed by atoms with Gasteiger partial charge in [-0.25, -0.2) is 14.7 Å². The van der Waals surface area contributed by atoms with E-state index in [0.717, 1.165) is 47.4 Å². The Morgan fingerprint density at radius 3 is 2.41 bits per heavy atom. The van der Waals surface area contributed by atoms with Crippen LogP contribution in [-0.4, -0.2) is 66.8 Å². The van der Waals surface area contributed by atoms with Crippen LogP contribution in [0, 0.1) is 17.8 Å². The van der Waals surface area contributed by atoms with E-state index >= 15 is 0 Å². The normalized spacial score (nSPS) is 18.3. The van der Waals surface area contributed by atoms with Crippen molar-refractivity contribution in [1.29, 1.82) is 0 Å². The number of thiophene rings is 1. The highest BCUT2D eigenvalue weighted by atomic mass is 32.1. The summed E-state index contributed by atoms with van der Waals surface area (Å²) in [4.78, 5) is 38.3. The van der Waals surface area contributed by atoms with Crippen LogP contribution in [0.4, 0.5) is 4.79 Å². The number of hydrogen-bond acceptors (Lipinski definition) is 8. The summed E-state index contributed by atoms with van der Waals surface area (Å²) >= 11 is 1.57. The van der Waals surface area contributed by atoms with Crippen LogP contribution in [0.3, 0.4) is 0 Å². The van der Waals surface area contributed by atoms with Gasteiger partial charge in [0.25, 0.3) is 0 Å². The van der Waals surface area contributed by atoms with E-state index in [1.54, 1.807) is 11.3 Å². The summed E-state index contributed by atoms with van der Waals surface area (Å²) in [5, 5.41) is 0.866. The molecule has 39 heavy (non-hydrogen) atoms. The average molecular weight is 557 g/mol. The minimum atomic E-state index is -0.644. The van der Waals surface area contributed by atoms with Gasteiger partial charge in [0, 0.05) is 31.1 Å². The highest BCUT2D eigenvalue weighted by Gasteiger charge is 2.34. The second-order valence-electron chi connectivity index (χ2n) is 12.3. The number of rotatable bonds is 7. The molecule has 2 aliphatic heterocycles. The summed E-state index contributed by atoms with van der Waals surface area (Å²) in [5.41, 5.74) is 0.825. The Bertz CT molecular complexity index is 1260. The van der Waals surface area contributed by atoms with Crippen molar-refractivity contribution in [2.45, 2.75) is 61.3 Å². The second kappa shape index (κ2) is 12.5. The van der Waals surface area contributed by atoms with Crippen molar-refractivity contribution in [2.24, 2.45) is 15.8 Å². The molecule has 0 unspecified atom stereocenters. The van der Waals surface area contributed by atoms with E-state index in [0.29, 0.717) is 17.2 Å². The van der Waals surface area contributed by atoms with E-state index in [9.17, 15) is 9.59 Å². The molecule has 3 heterocycles. The Morgan fingerprint density at radius 2 is 1.79 bits per heavy atom. The summed E-state index contributed by atoms with van der Waals surface area (Å²) in [5.74, 6) is 0.319. The van der Waals surface area contributed by atoms with Gasteiger partial charge in [0.2, 0.25) is 6.79 Å². The molecular weight excluding hydrogens is 512 g/mol. The van der Waals surface area contributed by atoms with Gasteiger partial charge < -0.3 is 19.3 Å². The zero-order chi connectivity index (χ0) is 29.0. The fourth-order valence-corrected chi connectivity index (χ4v) is 6.21. The lowest BCUT2D eigenvalue weighted by atomic mass is 9.74. The molecule has 0 spiro atoms. The molecular formula is C30H44N4O4S. The number of allylic oxidation sites excluding steroid dienone is 3. The van der Waals surface area contributed by atoms with Crippen LogP contribution in [-0.2, 0) is 14.3 Å². The molecule has 0 N–H and O–H groups in total. The monoisotopic (exact) mass is 556 g/mol.